The number of rotatable bonds is 5. The molecule has 0 unspecified atom stereocenters. The molecule has 0 fully saturated rings. The molecule has 1 aromatic heterocycles. The predicted molar refractivity (Wildman–Crippen MR) is 165 cm³/mol. The fraction of sp³-hybridized carbons (Fsp3) is 0. The lowest BCUT2D eigenvalue weighted by Gasteiger charge is -2.26. The van der Waals surface area contributed by atoms with Gasteiger partial charge < -0.3 is 4.90 Å². The highest BCUT2D eigenvalue weighted by atomic mass is 32.1. The molecule has 7 aromatic rings. The highest BCUT2D eigenvalue weighted by Gasteiger charge is 2.16. The molecule has 0 amide bonds. The van der Waals surface area contributed by atoms with Crippen LogP contribution >= 0.6 is 11.3 Å². The van der Waals surface area contributed by atoms with E-state index in [0.717, 1.165) is 17.1 Å². The molecule has 0 aliphatic heterocycles. The summed E-state index contributed by atoms with van der Waals surface area (Å²) in [6.45, 7) is 0. The first kappa shape index (κ1) is 22.5. The van der Waals surface area contributed by atoms with E-state index < -0.39 is 0 Å². The van der Waals surface area contributed by atoms with E-state index in [2.05, 4.69) is 157 Å². The Bertz CT molecular complexity index is 1820. The van der Waals surface area contributed by atoms with Crippen molar-refractivity contribution in [2.24, 2.45) is 0 Å². The van der Waals surface area contributed by atoms with Gasteiger partial charge in [-0.05, 0) is 58.7 Å². The second-order valence-electron chi connectivity index (χ2n) is 9.39. The summed E-state index contributed by atoms with van der Waals surface area (Å²) in [5, 5.41) is 2.63. The highest BCUT2D eigenvalue weighted by molar-refractivity contribution is 7.26. The molecule has 38 heavy (non-hydrogen) atoms. The van der Waals surface area contributed by atoms with E-state index in [9.17, 15) is 0 Å². The van der Waals surface area contributed by atoms with Crippen molar-refractivity contribution in [2.45, 2.75) is 0 Å². The molecule has 0 atom stereocenters. The number of anilines is 3. The van der Waals surface area contributed by atoms with Crippen LogP contribution in [0.4, 0.5) is 17.1 Å². The molecule has 1 nitrogen and oxygen atoms in total. The molecule has 2 heteroatoms. The molecule has 7 rings (SSSR count). The van der Waals surface area contributed by atoms with Gasteiger partial charge in [0, 0.05) is 37.2 Å². The summed E-state index contributed by atoms with van der Waals surface area (Å²) in [5.41, 5.74) is 8.47. The lowest BCUT2D eigenvalue weighted by atomic mass is 10.00. The van der Waals surface area contributed by atoms with Crippen molar-refractivity contribution in [3.05, 3.63) is 152 Å². The van der Waals surface area contributed by atoms with Gasteiger partial charge in [0.25, 0.3) is 0 Å². The molecule has 0 N–H and O–H groups in total. The fourth-order valence-corrected chi connectivity index (χ4v) is 6.68. The van der Waals surface area contributed by atoms with E-state index in [0.29, 0.717) is 0 Å². The van der Waals surface area contributed by atoms with Gasteiger partial charge in [-0.2, -0.15) is 0 Å². The van der Waals surface area contributed by atoms with Gasteiger partial charge in [-0.1, -0.05) is 115 Å². The summed E-state index contributed by atoms with van der Waals surface area (Å²) in [6, 6.07) is 54.2. The number of benzene rings is 6. The topological polar surface area (TPSA) is 3.24 Å². The van der Waals surface area contributed by atoms with Gasteiger partial charge in [0.2, 0.25) is 0 Å². The van der Waals surface area contributed by atoms with E-state index in [1.807, 2.05) is 11.3 Å². The minimum absolute atomic E-state index is 1.14. The fourth-order valence-electron chi connectivity index (χ4n) is 5.31. The van der Waals surface area contributed by atoms with Crippen LogP contribution in [0.5, 0.6) is 0 Å². The predicted octanol–water partition coefficient (Wildman–Crippen LogP) is 10.9. The molecule has 180 valence electrons. The first-order valence-corrected chi connectivity index (χ1v) is 13.7. The van der Waals surface area contributed by atoms with Crippen molar-refractivity contribution >= 4 is 48.6 Å². The van der Waals surface area contributed by atoms with Gasteiger partial charge in [-0.3, -0.25) is 0 Å². The summed E-state index contributed by atoms with van der Waals surface area (Å²) >= 11 is 1.90. The SMILES string of the molecule is c1ccc(-c2cccc3c2sc2c(-c4cccc(N(c5ccccc5)c5ccccc5)c4)cccc23)cc1. The average Bonchev–Trinajstić information content (AvgIpc) is 3.38. The molecule has 0 saturated carbocycles. The van der Waals surface area contributed by atoms with Crippen LogP contribution in [0.1, 0.15) is 0 Å². The Balaban J connectivity index is 1.41. The first-order chi connectivity index (χ1) is 18.9. The van der Waals surface area contributed by atoms with Gasteiger partial charge in [0.1, 0.15) is 0 Å². The quantitative estimate of drug-likeness (QED) is 0.226. The highest BCUT2D eigenvalue weighted by Crippen LogP contribution is 2.44. The summed E-state index contributed by atoms with van der Waals surface area (Å²) < 4.78 is 2.67. The number of para-hydroxylation sites is 2. The van der Waals surface area contributed by atoms with E-state index in [1.54, 1.807) is 0 Å². The monoisotopic (exact) mass is 503 g/mol. The second kappa shape index (κ2) is 9.66. The Labute approximate surface area is 226 Å². The molecule has 1 heterocycles. The Morgan fingerprint density at radius 1 is 0.368 bits per heavy atom. The molecule has 0 aliphatic rings. The molecule has 0 radical (unpaired) electrons. The van der Waals surface area contributed by atoms with Crippen molar-refractivity contribution < 1.29 is 0 Å². The van der Waals surface area contributed by atoms with E-state index in [-0.39, 0.29) is 0 Å². The summed E-state index contributed by atoms with van der Waals surface area (Å²) in [5.74, 6) is 0. The maximum atomic E-state index is 2.32. The van der Waals surface area contributed by atoms with Crippen molar-refractivity contribution in [1.82, 2.24) is 0 Å². The number of fused-ring (bicyclic) bond motifs is 3. The number of nitrogens with zero attached hydrogens (tertiary/aromatic N) is 1. The van der Waals surface area contributed by atoms with Crippen LogP contribution < -0.4 is 4.90 Å². The smallest absolute Gasteiger partial charge is 0.0467 e. The molecule has 0 spiro atoms. The van der Waals surface area contributed by atoms with E-state index in [4.69, 9.17) is 0 Å². The van der Waals surface area contributed by atoms with Gasteiger partial charge in [0.15, 0.2) is 0 Å². The minimum Gasteiger partial charge on any atom is -0.310 e. The Kier molecular flexibility index (Phi) is 5.73. The maximum absolute atomic E-state index is 2.32. The number of hydrogen-bond donors (Lipinski definition) is 0. The van der Waals surface area contributed by atoms with Crippen molar-refractivity contribution in [1.29, 1.82) is 0 Å². The van der Waals surface area contributed by atoms with Crippen LogP contribution in [0.15, 0.2) is 152 Å². The zero-order valence-corrected chi connectivity index (χ0v) is 21.6. The minimum atomic E-state index is 1.14. The maximum Gasteiger partial charge on any atom is 0.0467 e. The Morgan fingerprint density at radius 2 is 0.816 bits per heavy atom. The van der Waals surface area contributed by atoms with Crippen LogP contribution in [-0.4, -0.2) is 0 Å². The first-order valence-electron chi connectivity index (χ1n) is 12.9. The summed E-state index contributed by atoms with van der Waals surface area (Å²) in [4.78, 5) is 2.32. The average molecular weight is 504 g/mol. The van der Waals surface area contributed by atoms with Gasteiger partial charge in [-0.25, -0.2) is 0 Å². The molecule has 0 aliphatic carbocycles. The molecule has 0 saturated heterocycles. The van der Waals surface area contributed by atoms with E-state index in [1.165, 1.54) is 42.4 Å². The van der Waals surface area contributed by atoms with Crippen molar-refractivity contribution in [3.8, 4) is 22.3 Å². The standard InChI is InChI=1S/C36H25NS/c1-4-13-26(14-5-1)31-21-11-23-33-34-24-12-22-32(36(34)38-35(31)33)27-15-10-20-30(25-27)37(28-16-6-2-7-17-28)29-18-8-3-9-19-29/h1-25H. The van der Waals surface area contributed by atoms with Gasteiger partial charge in [-0.15, -0.1) is 11.3 Å². The van der Waals surface area contributed by atoms with Crippen LogP contribution in [0.3, 0.4) is 0 Å². The second-order valence-corrected chi connectivity index (χ2v) is 10.4. The third-order valence-electron chi connectivity index (χ3n) is 7.05. The van der Waals surface area contributed by atoms with Crippen LogP contribution in [-0.2, 0) is 0 Å². The molecular weight excluding hydrogens is 478 g/mol. The lowest BCUT2D eigenvalue weighted by molar-refractivity contribution is 1.28. The van der Waals surface area contributed by atoms with Gasteiger partial charge >= 0.3 is 0 Å². The van der Waals surface area contributed by atoms with Crippen LogP contribution in [0, 0.1) is 0 Å². The number of hydrogen-bond acceptors (Lipinski definition) is 2. The zero-order chi connectivity index (χ0) is 25.3. The summed E-state index contributed by atoms with van der Waals surface area (Å²) in [7, 11) is 0. The van der Waals surface area contributed by atoms with Crippen LogP contribution in [0.25, 0.3) is 42.4 Å². The normalized spacial score (nSPS) is 11.2. The Hall–Kier alpha value is -4.66. The lowest BCUT2D eigenvalue weighted by Crippen LogP contribution is -2.09. The largest absolute Gasteiger partial charge is 0.310 e. The van der Waals surface area contributed by atoms with Crippen molar-refractivity contribution in [2.75, 3.05) is 4.90 Å². The van der Waals surface area contributed by atoms with Gasteiger partial charge in [0.05, 0.1) is 0 Å². The summed E-state index contributed by atoms with van der Waals surface area (Å²) in [6.07, 6.45) is 0. The third-order valence-corrected chi connectivity index (χ3v) is 8.34. The van der Waals surface area contributed by atoms with E-state index >= 15 is 0 Å². The molecular formula is C36H25NS. The molecule has 6 aromatic carbocycles. The van der Waals surface area contributed by atoms with Crippen LogP contribution in [0.2, 0.25) is 0 Å². The number of thiophene rings is 1. The molecule has 0 bridgehead atoms. The Morgan fingerprint density at radius 3 is 1.39 bits per heavy atom. The van der Waals surface area contributed by atoms with Crippen molar-refractivity contribution in [3.63, 3.8) is 0 Å². The third kappa shape index (κ3) is 3.96. The zero-order valence-electron chi connectivity index (χ0n) is 20.8.